The second kappa shape index (κ2) is 11.3. The number of carboxylic acids is 1. The van der Waals surface area contributed by atoms with Crippen molar-refractivity contribution in [3.63, 3.8) is 0 Å². The summed E-state index contributed by atoms with van der Waals surface area (Å²) in [5, 5.41) is 31.9. The monoisotopic (exact) mass is 588 g/mol. The number of carboxylic acid groups (broad SMARTS) is 1. The zero-order chi connectivity index (χ0) is 31.3. The van der Waals surface area contributed by atoms with Crippen molar-refractivity contribution in [2.24, 2.45) is 29.4 Å². The molecule has 0 radical (unpaired) electrons. The maximum atomic E-state index is 14.3. The molecule has 1 aromatic carbocycles. The molecule has 0 saturated heterocycles. The van der Waals surface area contributed by atoms with Gasteiger partial charge in [0, 0.05) is 18.4 Å². The summed E-state index contributed by atoms with van der Waals surface area (Å²) in [5.74, 6) is -18.1. The molecule has 2 fully saturated rings. The van der Waals surface area contributed by atoms with E-state index in [9.17, 15) is 48.9 Å². The van der Waals surface area contributed by atoms with Gasteiger partial charge in [-0.05, 0) is 32.1 Å². The minimum atomic E-state index is -3.22. The fourth-order valence-electron chi connectivity index (χ4n) is 6.76. The van der Waals surface area contributed by atoms with Crippen LogP contribution in [0.5, 0.6) is 5.75 Å². The van der Waals surface area contributed by atoms with E-state index in [2.05, 4.69) is 0 Å². The summed E-state index contributed by atoms with van der Waals surface area (Å²) in [6.07, 6.45) is -2.33. The molecule has 8 atom stereocenters. The number of nitrogens with two attached hydrogens (primary N) is 1. The molecule has 8 unspecified atom stereocenters. The van der Waals surface area contributed by atoms with Gasteiger partial charge in [-0.3, -0.25) is 38.5 Å². The SMILES string of the molecule is CCCOCC1c2cccc(O)c2C(=O)C2C(=O)C3(O)C(=O)C(C(N)=O)C(=O)C(N(C)C)C3C(OC(=O)CC(=O)O)C21. The number of nitrogens with zero attached hydrogens (tertiary/aromatic N) is 1. The van der Waals surface area contributed by atoms with Crippen LogP contribution in [0.3, 0.4) is 0 Å². The number of aliphatic hydroxyl groups is 1. The summed E-state index contributed by atoms with van der Waals surface area (Å²) in [6.45, 7) is 1.92. The van der Waals surface area contributed by atoms with E-state index in [1.807, 2.05) is 6.92 Å². The first-order valence-electron chi connectivity index (χ1n) is 13.4. The number of rotatable bonds is 9. The molecule has 3 aliphatic carbocycles. The van der Waals surface area contributed by atoms with E-state index in [0.29, 0.717) is 6.42 Å². The standard InChI is InChI=1S/C28H32N2O12/c1-4-8-41-10-12-11-6-5-7-13(31)16(11)22(35)18-17(12)24(42-15(34)9-14(32)33)20-21(30(2)3)23(36)19(27(29)39)26(38)28(20,40)25(18)37/h5-7,12,17-21,24,31,40H,4,8-10H2,1-3H3,(H2,29,39)(H,32,33). The van der Waals surface area contributed by atoms with Crippen molar-refractivity contribution in [3.8, 4) is 5.75 Å². The number of phenols is 1. The highest BCUT2D eigenvalue weighted by molar-refractivity contribution is 6.32. The van der Waals surface area contributed by atoms with Crippen molar-refractivity contribution in [1.82, 2.24) is 4.90 Å². The van der Waals surface area contributed by atoms with Crippen LogP contribution >= 0.6 is 0 Å². The molecule has 1 aromatic rings. The van der Waals surface area contributed by atoms with E-state index in [1.54, 1.807) is 0 Å². The number of aliphatic carboxylic acids is 1. The van der Waals surface area contributed by atoms with Gasteiger partial charge in [-0.2, -0.15) is 0 Å². The number of esters is 1. The molecule has 0 bridgehead atoms. The molecule has 1 amide bonds. The second-order valence-corrected chi connectivity index (χ2v) is 11.0. The third kappa shape index (κ3) is 4.68. The Balaban J connectivity index is 2.03. The van der Waals surface area contributed by atoms with Crippen molar-refractivity contribution in [2.75, 3.05) is 27.3 Å². The van der Waals surface area contributed by atoms with Crippen LogP contribution in [-0.2, 0) is 38.2 Å². The lowest BCUT2D eigenvalue weighted by molar-refractivity contribution is -0.207. The van der Waals surface area contributed by atoms with Crippen LogP contribution < -0.4 is 5.73 Å². The van der Waals surface area contributed by atoms with E-state index in [4.69, 9.17) is 15.2 Å². The van der Waals surface area contributed by atoms with Gasteiger partial charge in [0.05, 0.1) is 30.0 Å². The van der Waals surface area contributed by atoms with E-state index in [-0.39, 0.29) is 24.3 Å². The number of likely N-dealkylation sites (N-methyl/N-ethyl adjacent to an activating group) is 1. The highest BCUT2D eigenvalue weighted by atomic mass is 16.5. The zero-order valence-electron chi connectivity index (χ0n) is 23.1. The molecule has 5 N–H and O–H groups in total. The van der Waals surface area contributed by atoms with Gasteiger partial charge in [-0.1, -0.05) is 19.1 Å². The zero-order valence-corrected chi connectivity index (χ0v) is 23.1. The van der Waals surface area contributed by atoms with Crippen LogP contribution in [0.25, 0.3) is 0 Å². The fourth-order valence-corrected chi connectivity index (χ4v) is 6.76. The van der Waals surface area contributed by atoms with Gasteiger partial charge >= 0.3 is 11.9 Å². The third-order valence-electron chi connectivity index (χ3n) is 8.33. The van der Waals surface area contributed by atoms with Crippen molar-refractivity contribution < 1.29 is 58.4 Å². The summed E-state index contributed by atoms with van der Waals surface area (Å²) >= 11 is 0. The quantitative estimate of drug-likeness (QED) is 0.152. The van der Waals surface area contributed by atoms with Gasteiger partial charge in [-0.25, -0.2) is 0 Å². The Labute approximate surface area is 239 Å². The van der Waals surface area contributed by atoms with Gasteiger partial charge in [0.1, 0.15) is 18.3 Å². The Kier molecular flexibility index (Phi) is 8.36. The summed E-state index contributed by atoms with van der Waals surface area (Å²) < 4.78 is 11.4. The summed E-state index contributed by atoms with van der Waals surface area (Å²) in [4.78, 5) is 93.1. The van der Waals surface area contributed by atoms with Gasteiger partial charge < -0.3 is 30.5 Å². The number of carbonyl (C=O) groups excluding carboxylic acids is 6. The molecule has 0 aliphatic heterocycles. The van der Waals surface area contributed by atoms with Crippen LogP contribution in [0, 0.1) is 23.7 Å². The van der Waals surface area contributed by atoms with Crippen LogP contribution in [0.2, 0.25) is 0 Å². The number of aromatic hydroxyl groups is 1. The molecule has 14 heteroatoms. The highest BCUT2D eigenvalue weighted by Crippen LogP contribution is 2.55. The van der Waals surface area contributed by atoms with Gasteiger partial charge in [-0.15, -0.1) is 0 Å². The van der Waals surface area contributed by atoms with Gasteiger partial charge in [0.15, 0.2) is 34.7 Å². The number of hydrogen-bond donors (Lipinski definition) is 4. The molecular weight excluding hydrogens is 556 g/mol. The molecule has 0 spiro atoms. The molecule has 4 rings (SSSR count). The van der Waals surface area contributed by atoms with Crippen molar-refractivity contribution in [2.45, 2.75) is 43.4 Å². The lowest BCUT2D eigenvalue weighted by Gasteiger charge is -2.56. The highest BCUT2D eigenvalue weighted by Gasteiger charge is 2.74. The van der Waals surface area contributed by atoms with Crippen LogP contribution in [0.1, 0.15) is 41.6 Å². The maximum absolute atomic E-state index is 14.3. The predicted octanol–water partition coefficient (Wildman–Crippen LogP) is -1.17. The van der Waals surface area contributed by atoms with Crippen LogP contribution in [0.4, 0.5) is 0 Å². The predicted molar refractivity (Wildman–Crippen MR) is 139 cm³/mol. The van der Waals surface area contributed by atoms with Crippen molar-refractivity contribution in [1.29, 1.82) is 0 Å². The van der Waals surface area contributed by atoms with Crippen LogP contribution in [0.15, 0.2) is 18.2 Å². The van der Waals surface area contributed by atoms with Gasteiger partial charge in [0.25, 0.3) is 0 Å². The minimum absolute atomic E-state index is 0.164. The van der Waals surface area contributed by atoms with E-state index in [1.165, 1.54) is 37.2 Å². The number of carbonyl (C=O) groups is 7. The van der Waals surface area contributed by atoms with E-state index in [0.717, 1.165) is 0 Å². The Morgan fingerprint density at radius 3 is 2.33 bits per heavy atom. The molecule has 0 heterocycles. The number of benzene rings is 1. The average Bonchev–Trinajstić information content (AvgIpc) is 2.88. The normalized spacial score (nSPS) is 32.2. The number of phenolic OH excluding ortho intramolecular Hbond substituents is 1. The number of Topliss-reactive ketones (excluding diaryl/α,β-unsaturated/α-hetero) is 4. The number of ether oxygens (including phenoxy) is 2. The number of ketones is 4. The first kappa shape index (κ1) is 30.9. The Bertz CT molecular complexity index is 1370. The molecule has 42 heavy (non-hydrogen) atoms. The van der Waals surface area contributed by atoms with E-state index < -0.39 is 100 Å². The van der Waals surface area contributed by atoms with Crippen LogP contribution in [-0.4, -0.2) is 106 Å². The van der Waals surface area contributed by atoms with E-state index >= 15 is 0 Å². The number of primary amides is 1. The Morgan fingerprint density at radius 2 is 1.76 bits per heavy atom. The lowest BCUT2D eigenvalue weighted by Crippen LogP contribution is -2.78. The molecule has 3 aliphatic rings. The summed E-state index contributed by atoms with van der Waals surface area (Å²) in [6, 6.07) is 2.57. The molecular formula is C28H32N2O12. The molecule has 0 aromatic heterocycles. The lowest BCUT2D eigenvalue weighted by atomic mass is 9.49. The molecule has 2 saturated carbocycles. The van der Waals surface area contributed by atoms with Crippen molar-refractivity contribution >= 4 is 41.0 Å². The second-order valence-electron chi connectivity index (χ2n) is 11.0. The first-order valence-corrected chi connectivity index (χ1v) is 13.4. The molecule has 226 valence electrons. The van der Waals surface area contributed by atoms with Crippen molar-refractivity contribution in [3.05, 3.63) is 29.3 Å². The summed E-state index contributed by atoms with van der Waals surface area (Å²) in [7, 11) is 2.73. The molecule has 14 nitrogen and oxygen atoms in total. The minimum Gasteiger partial charge on any atom is -0.507 e. The average molecular weight is 589 g/mol. The van der Waals surface area contributed by atoms with Gasteiger partial charge in [0.2, 0.25) is 5.91 Å². The first-order chi connectivity index (χ1) is 19.7. The maximum Gasteiger partial charge on any atom is 0.317 e. The summed E-state index contributed by atoms with van der Waals surface area (Å²) in [5.41, 5.74) is 2.11. The Hall–Kier alpha value is -4.01. The largest absolute Gasteiger partial charge is 0.507 e. The third-order valence-corrected chi connectivity index (χ3v) is 8.33. The number of amides is 1. The fraction of sp³-hybridized carbons (Fsp3) is 0.536. The Morgan fingerprint density at radius 1 is 1.10 bits per heavy atom. The number of hydrogen-bond acceptors (Lipinski definition) is 12. The smallest absolute Gasteiger partial charge is 0.317 e. The number of fused-ring (bicyclic) bond motifs is 3. The topological polar surface area (TPSA) is 228 Å².